The van der Waals surface area contributed by atoms with Gasteiger partial charge in [-0.1, -0.05) is 60.2 Å². The van der Waals surface area contributed by atoms with Crippen LogP contribution in [0.15, 0.2) is 77.7 Å². The minimum Gasteiger partial charge on any atom is -0.349 e. The first kappa shape index (κ1) is 24.5. The van der Waals surface area contributed by atoms with Crippen LogP contribution in [0.3, 0.4) is 0 Å². The molecule has 0 aromatic heterocycles. The topological polar surface area (TPSA) is 66.5 Å². The molecule has 3 aromatic carbocycles. The predicted molar refractivity (Wildman–Crippen MR) is 134 cm³/mol. The Labute approximate surface area is 197 Å². The number of rotatable bonds is 8. The quantitative estimate of drug-likeness (QED) is 0.513. The Morgan fingerprint density at radius 2 is 1.52 bits per heavy atom. The van der Waals surface area contributed by atoms with Gasteiger partial charge in [-0.15, -0.1) is 0 Å². The van der Waals surface area contributed by atoms with Crippen LogP contribution in [0.25, 0.3) is 0 Å². The molecule has 0 atom stereocenters. The molecule has 33 heavy (non-hydrogen) atoms. The van der Waals surface area contributed by atoms with E-state index in [1.165, 1.54) is 4.31 Å². The van der Waals surface area contributed by atoms with Crippen molar-refractivity contribution in [2.45, 2.75) is 51.5 Å². The maximum absolute atomic E-state index is 13.6. The lowest BCUT2D eigenvalue weighted by Gasteiger charge is -2.30. The van der Waals surface area contributed by atoms with E-state index in [0.29, 0.717) is 12.1 Å². The molecule has 174 valence electrons. The molecule has 0 radical (unpaired) electrons. The fraction of sp³-hybridized carbons (Fsp3) is 0.296. The minimum atomic E-state index is -3.95. The lowest BCUT2D eigenvalue weighted by atomic mass is 9.95. The summed E-state index contributed by atoms with van der Waals surface area (Å²) >= 11 is 0. The number of benzene rings is 3. The van der Waals surface area contributed by atoms with Crippen molar-refractivity contribution in [2.75, 3.05) is 10.8 Å². The zero-order valence-corrected chi connectivity index (χ0v) is 20.7. The summed E-state index contributed by atoms with van der Waals surface area (Å²) in [5.74, 6) is -0.354. The Morgan fingerprint density at radius 3 is 2.15 bits per heavy atom. The van der Waals surface area contributed by atoms with Gasteiger partial charge in [-0.25, -0.2) is 8.42 Å². The van der Waals surface area contributed by atoms with Gasteiger partial charge in [0.1, 0.15) is 6.54 Å². The number of carbonyl (C=O) groups excluding carboxylic acids is 1. The molecule has 0 aliphatic carbocycles. The number of nitrogens with zero attached hydrogens (tertiary/aromatic N) is 1. The maximum atomic E-state index is 13.6. The Bertz CT molecular complexity index is 1220. The highest BCUT2D eigenvalue weighted by atomic mass is 32.2. The molecule has 6 heteroatoms. The Hall–Kier alpha value is -3.12. The lowest BCUT2D eigenvalue weighted by molar-refractivity contribution is -0.121. The largest absolute Gasteiger partial charge is 0.349 e. The molecule has 1 N–H and O–H groups in total. The summed E-state index contributed by atoms with van der Waals surface area (Å²) in [4.78, 5) is 13.3. The summed E-state index contributed by atoms with van der Waals surface area (Å²) in [5.41, 5.74) is 3.81. The molecule has 0 unspecified atom stereocenters. The van der Waals surface area contributed by atoms with Crippen molar-refractivity contribution in [3.8, 4) is 0 Å². The third-order valence-corrected chi connectivity index (χ3v) is 7.48. The van der Waals surface area contributed by atoms with Crippen LogP contribution < -0.4 is 9.62 Å². The Balaban J connectivity index is 1.92. The SMILES string of the molecule is Cc1ccc(S(=O)(=O)N(CC(=O)NC(C)(C)Cc2ccccc2)c2cccc(C)c2C)cc1. The van der Waals surface area contributed by atoms with Crippen LogP contribution in [0.1, 0.15) is 36.1 Å². The number of hydrogen-bond donors (Lipinski definition) is 1. The first-order chi connectivity index (χ1) is 15.5. The van der Waals surface area contributed by atoms with E-state index in [9.17, 15) is 13.2 Å². The first-order valence-electron chi connectivity index (χ1n) is 11.0. The molecule has 0 aliphatic rings. The van der Waals surface area contributed by atoms with Gasteiger partial charge in [-0.2, -0.15) is 0 Å². The van der Waals surface area contributed by atoms with Crippen LogP contribution in [-0.4, -0.2) is 26.4 Å². The normalized spacial score (nSPS) is 11.8. The van der Waals surface area contributed by atoms with E-state index in [1.54, 1.807) is 30.3 Å². The molecule has 0 aliphatic heterocycles. The minimum absolute atomic E-state index is 0.158. The van der Waals surface area contributed by atoms with E-state index in [2.05, 4.69) is 5.32 Å². The molecular formula is C27H32N2O3S. The van der Waals surface area contributed by atoms with Gasteiger partial charge in [0, 0.05) is 5.54 Å². The third-order valence-electron chi connectivity index (χ3n) is 5.71. The number of amides is 1. The number of sulfonamides is 1. The first-order valence-corrected chi connectivity index (χ1v) is 12.4. The smallest absolute Gasteiger partial charge is 0.264 e. The summed E-state index contributed by atoms with van der Waals surface area (Å²) in [5, 5.41) is 3.03. The average molecular weight is 465 g/mol. The molecule has 5 nitrogen and oxygen atoms in total. The second-order valence-corrected chi connectivity index (χ2v) is 11.0. The van der Waals surface area contributed by atoms with Crippen molar-refractivity contribution in [1.29, 1.82) is 0 Å². The van der Waals surface area contributed by atoms with Crippen LogP contribution in [0.4, 0.5) is 5.69 Å². The van der Waals surface area contributed by atoms with Crippen molar-refractivity contribution in [3.63, 3.8) is 0 Å². The van der Waals surface area contributed by atoms with E-state index in [0.717, 1.165) is 22.3 Å². The molecule has 1 amide bonds. The number of nitrogens with one attached hydrogen (secondary N) is 1. The number of hydrogen-bond acceptors (Lipinski definition) is 3. The van der Waals surface area contributed by atoms with Gasteiger partial charge >= 0.3 is 0 Å². The van der Waals surface area contributed by atoms with Gasteiger partial charge in [0.2, 0.25) is 5.91 Å². The lowest BCUT2D eigenvalue weighted by Crippen LogP contribution is -2.50. The number of aryl methyl sites for hydroxylation is 2. The highest BCUT2D eigenvalue weighted by molar-refractivity contribution is 7.92. The third kappa shape index (κ3) is 6.02. The van der Waals surface area contributed by atoms with Crippen molar-refractivity contribution in [3.05, 3.63) is 95.1 Å². The molecular weight excluding hydrogens is 432 g/mol. The molecule has 0 saturated carbocycles. The standard InChI is InChI=1S/C27H32N2O3S/c1-20-14-16-24(17-15-20)33(31,32)29(25-13-9-10-21(2)22(25)3)19-26(30)28-27(4,5)18-23-11-7-6-8-12-23/h6-17H,18-19H2,1-5H3,(H,28,30). The molecule has 3 rings (SSSR count). The highest BCUT2D eigenvalue weighted by Crippen LogP contribution is 2.28. The van der Waals surface area contributed by atoms with E-state index in [1.807, 2.05) is 77.1 Å². The maximum Gasteiger partial charge on any atom is 0.264 e. The molecule has 0 saturated heterocycles. The molecule has 0 spiro atoms. The fourth-order valence-electron chi connectivity index (χ4n) is 3.84. The Kier molecular flexibility index (Phi) is 7.28. The van der Waals surface area contributed by atoms with Crippen molar-refractivity contribution in [2.24, 2.45) is 0 Å². The van der Waals surface area contributed by atoms with Crippen molar-refractivity contribution < 1.29 is 13.2 Å². The zero-order chi connectivity index (χ0) is 24.2. The molecule has 0 fully saturated rings. The van der Waals surface area contributed by atoms with E-state index >= 15 is 0 Å². The van der Waals surface area contributed by atoms with Crippen molar-refractivity contribution in [1.82, 2.24) is 5.32 Å². The molecule has 3 aromatic rings. The second-order valence-electron chi connectivity index (χ2n) is 9.14. The summed E-state index contributed by atoms with van der Waals surface area (Å²) in [7, 11) is -3.95. The highest BCUT2D eigenvalue weighted by Gasteiger charge is 2.30. The van der Waals surface area contributed by atoms with Gasteiger partial charge in [0.25, 0.3) is 10.0 Å². The summed E-state index contributed by atoms with van der Waals surface area (Å²) in [6, 6.07) is 22.1. The summed E-state index contributed by atoms with van der Waals surface area (Å²) in [6.45, 7) is 9.28. The van der Waals surface area contributed by atoms with Gasteiger partial charge < -0.3 is 5.32 Å². The molecule has 0 heterocycles. The van der Waals surface area contributed by atoms with Crippen LogP contribution in [0.2, 0.25) is 0 Å². The number of carbonyl (C=O) groups is 1. The van der Waals surface area contributed by atoms with Crippen LogP contribution in [0, 0.1) is 20.8 Å². The summed E-state index contributed by atoms with van der Waals surface area (Å²) in [6.07, 6.45) is 0.633. The van der Waals surface area contributed by atoms with E-state index in [4.69, 9.17) is 0 Å². The molecule has 0 bridgehead atoms. The van der Waals surface area contributed by atoms with Gasteiger partial charge in [0.15, 0.2) is 0 Å². The van der Waals surface area contributed by atoms with E-state index in [-0.39, 0.29) is 17.3 Å². The fourth-order valence-corrected chi connectivity index (χ4v) is 5.32. The van der Waals surface area contributed by atoms with Crippen LogP contribution in [-0.2, 0) is 21.2 Å². The zero-order valence-electron chi connectivity index (χ0n) is 19.9. The van der Waals surface area contributed by atoms with Gasteiger partial charge in [0.05, 0.1) is 10.6 Å². The average Bonchev–Trinajstić information content (AvgIpc) is 2.74. The van der Waals surface area contributed by atoms with E-state index < -0.39 is 15.6 Å². The number of anilines is 1. The van der Waals surface area contributed by atoms with Gasteiger partial charge in [-0.05, 0) is 75.9 Å². The predicted octanol–water partition coefficient (Wildman–Crippen LogP) is 4.94. The van der Waals surface area contributed by atoms with Crippen molar-refractivity contribution >= 4 is 21.6 Å². The van der Waals surface area contributed by atoms with Gasteiger partial charge in [-0.3, -0.25) is 9.10 Å². The van der Waals surface area contributed by atoms with Crippen LogP contribution >= 0.6 is 0 Å². The summed E-state index contributed by atoms with van der Waals surface area (Å²) < 4.78 is 28.5. The Morgan fingerprint density at radius 1 is 0.879 bits per heavy atom. The van der Waals surface area contributed by atoms with Crippen LogP contribution in [0.5, 0.6) is 0 Å². The second kappa shape index (κ2) is 9.79. The monoisotopic (exact) mass is 464 g/mol.